The van der Waals surface area contributed by atoms with Crippen LogP contribution < -0.4 is 0 Å². The summed E-state index contributed by atoms with van der Waals surface area (Å²) in [6, 6.07) is 7.95. The van der Waals surface area contributed by atoms with Crippen LogP contribution in [0.15, 0.2) is 30.3 Å². The molecule has 0 spiro atoms. The number of hydrogen-bond donors (Lipinski definition) is 0. The average Bonchev–Trinajstić information content (AvgIpc) is 2.28. The van der Waals surface area contributed by atoms with Crippen LogP contribution in [-0.4, -0.2) is 13.1 Å². The van der Waals surface area contributed by atoms with Gasteiger partial charge in [-0.15, -0.1) is 0 Å². The van der Waals surface area contributed by atoms with Crippen LogP contribution in [0.3, 0.4) is 0 Å². The van der Waals surface area contributed by atoms with Gasteiger partial charge in [-0.3, -0.25) is 4.79 Å². The Hall–Kier alpha value is -1.57. The van der Waals surface area contributed by atoms with Gasteiger partial charge in [0.15, 0.2) is 0 Å². The van der Waals surface area contributed by atoms with Gasteiger partial charge in [-0.2, -0.15) is 0 Å². The van der Waals surface area contributed by atoms with Gasteiger partial charge >= 0.3 is 5.97 Å². The molecule has 1 unspecified atom stereocenters. The first kappa shape index (κ1) is 9.97. The van der Waals surface area contributed by atoms with Gasteiger partial charge in [-0.1, -0.05) is 36.4 Å². The summed E-state index contributed by atoms with van der Waals surface area (Å²) in [6.07, 6.45) is 4.79. The van der Waals surface area contributed by atoms with Crippen LogP contribution in [0.2, 0.25) is 0 Å². The van der Waals surface area contributed by atoms with Crippen LogP contribution in [0.1, 0.15) is 24.5 Å². The van der Waals surface area contributed by atoms with Crippen molar-refractivity contribution in [1.82, 2.24) is 0 Å². The van der Waals surface area contributed by atoms with Crippen LogP contribution in [-0.2, 0) is 14.9 Å². The molecule has 0 heterocycles. The van der Waals surface area contributed by atoms with Gasteiger partial charge in [0.2, 0.25) is 0 Å². The fraction of sp³-hybridized carbons (Fsp3) is 0.308. The van der Waals surface area contributed by atoms with Gasteiger partial charge < -0.3 is 4.74 Å². The van der Waals surface area contributed by atoms with Crippen LogP contribution in [0.25, 0.3) is 6.08 Å². The summed E-state index contributed by atoms with van der Waals surface area (Å²) in [5, 5.41) is 0. The van der Waals surface area contributed by atoms with E-state index in [-0.39, 0.29) is 5.97 Å². The summed E-state index contributed by atoms with van der Waals surface area (Å²) in [6.45, 7) is 1.93. The molecule has 15 heavy (non-hydrogen) atoms. The molecule has 0 N–H and O–H groups in total. The molecule has 0 amide bonds. The molecule has 0 saturated heterocycles. The molecule has 2 heteroatoms. The number of carbonyl (C=O) groups is 1. The fourth-order valence-corrected chi connectivity index (χ4v) is 2.09. The second kappa shape index (κ2) is 3.54. The van der Waals surface area contributed by atoms with Crippen molar-refractivity contribution in [2.75, 3.05) is 7.11 Å². The Morgan fingerprint density at radius 2 is 2.13 bits per heavy atom. The van der Waals surface area contributed by atoms with E-state index >= 15 is 0 Å². The highest BCUT2D eigenvalue weighted by molar-refractivity contribution is 5.86. The van der Waals surface area contributed by atoms with Crippen LogP contribution >= 0.6 is 0 Å². The first-order valence-electron chi connectivity index (χ1n) is 5.03. The van der Waals surface area contributed by atoms with E-state index in [0.29, 0.717) is 6.42 Å². The van der Waals surface area contributed by atoms with Crippen molar-refractivity contribution in [2.24, 2.45) is 0 Å². The van der Waals surface area contributed by atoms with Crippen molar-refractivity contribution in [1.29, 1.82) is 0 Å². The molecule has 0 bridgehead atoms. The molecule has 1 aromatic carbocycles. The minimum Gasteiger partial charge on any atom is -0.468 e. The number of allylic oxidation sites excluding steroid dienone is 1. The summed E-state index contributed by atoms with van der Waals surface area (Å²) in [4.78, 5) is 11.8. The van der Waals surface area contributed by atoms with E-state index in [4.69, 9.17) is 4.74 Å². The van der Waals surface area contributed by atoms with E-state index in [0.717, 1.165) is 11.1 Å². The number of hydrogen-bond acceptors (Lipinski definition) is 2. The molecule has 0 radical (unpaired) electrons. The standard InChI is InChI=1S/C13H14O2/c1-13(12(14)15-2)9-5-7-10-6-3-4-8-11(10)13/h3-8H,9H2,1-2H3. The summed E-state index contributed by atoms with van der Waals surface area (Å²) in [7, 11) is 1.44. The lowest BCUT2D eigenvalue weighted by molar-refractivity contribution is -0.146. The van der Waals surface area contributed by atoms with Crippen LogP contribution in [0.4, 0.5) is 0 Å². The smallest absolute Gasteiger partial charge is 0.316 e. The number of rotatable bonds is 1. The van der Waals surface area contributed by atoms with E-state index in [1.165, 1.54) is 7.11 Å². The molecule has 0 saturated carbocycles. The highest BCUT2D eigenvalue weighted by Gasteiger charge is 2.38. The highest BCUT2D eigenvalue weighted by atomic mass is 16.5. The van der Waals surface area contributed by atoms with Crippen molar-refractivity contribution in [3.8, 4) is 0 Å². The number of esters is 1. The Morgan fingerprint density at radius 1 is 1.40 bits per heavy atom. The summed E-state index contributed by atoms with van der Waals surface area (Å²) in [5.74, 6) is -0.167. The molecule has 1 atom stereocenters. The predicted octanol–water partition coefficient (Wildman–Crippen LogP) is 2.53. The van der Waals surface area contributed by atoms with Crippen LogP contribution in [0.5, 0.6) is 0 Å². The van der Waals surface area contributed by atoms with Gasteiger partial charge in [-0.05, 0) is 24.5 Å². The molecule has 0 fully saturated rings. The van der Waals surface area contributed by atoms with Gasteiger partial charge in [0.05, 0.1) is 12.5 Å². The maximum Gasteiger partial charge on any atom is 0.316 e. The predicted molar refractivity (Wildman–Crippen MR) is 59.5 cm³/mol. The quantitative estimate of drug-likeness (QED) is 0.654. The van der Waals surface area contributed by atoms with Crippen molar-refractivity contribution < 1.29 is 9.53 Å². The molecular formula is C13H14O2. The Balaban J connectivity index is 2.54. The van der Waals surface area contributed by atoms with Gasteiger partial charge in [0.25, 0.3) is 0 Å². The Bertz CT molecular complexity index is 420. The van der Waals surface area contributed by atoms with E-state index in [1.807, 2.05) is 37.3 Å². The maximum absolute atomic E-state index is 11.8. The zero-order chi connectivity index (χ0) is 10.9. The van der Waals surface area contributed by atoms with Gasteiger partial charge in [0, 0.05) is 0 Å². The Labute approximate surface area is 89.6 Å². The minimum atomic E-state index is -0.528. The first-order chi connectivity index (χ1) is 7.18. The monoisotopic (exact) mass is 202 g/mol. The zero-order valence-electron chi connectivity index (χ0n) is 8.99. The molecule has 2 rings (SSSR count). The summed E-state index contributed by atoms with van der Waals surface area (Å²) in [5.41, 5.74) is 1.64. The maximum atomic E-state index is 11.8. The number of carbonyl (C=O) groups excluding carboxylic acids is 1. The number of methoxy groups -OCH3 is 1. The van der Waals surface area contributed by atoms with Crippen molar-refractivity contribution in [2.45, 2.75) is 18.8 Å². The summed E-state index contributed by atoms with van der Waals surface area (Å²) < 4.78 is 4.88. The lowest BCUT2D eigenvalue weighted by Crippen LogP contribution is -2.35. The van der Waals surface area contributed by atoms with Crippen molar-refractivity contribution in [3.05, 3.63) is 41.5 Å². The van der Waals surface area contributed by atoms with E-state index < -0.39 is 5.41 Å². The number of fused-ring (bicyclic) bond motifs is 1. The van der Waals surface area contributed by atoms with Crippen LogP contribution in [0, 0.1) is 0 Å². The minimum absolute atomic E-state index is 0.167. The normalized spacial score (nSPS) is 23.3. The van der Waals surface area contributed by atoms with Gasteiger partial charge in [-0.25, -0.2) is 0 Å². The van der Waals surface area contributed by atoms with E-state index in [9.17, 15) is 4.79 Å². The molecule has 78 valence electrons. The molecule has 1 aromatic rings. The van der Waals surface area contributed by atoms with E-state index in [2.05, 4.69) is 6.08 Å². The largest absolute Gasteiger partial charge is 0.468 e. The third kappa shape index (κ3) is 1.46. The first-order valence-corrected chi connectivity index (χ1v) is 5.03. The Kier molecular flexibility index (Phi) is 2.35. The van der Waals surface area contributed by atoms with Crippen molar-refractivity contribution >= 4 is 12.0 Å². The fourth-order valence-electron chi connectivity index (χ4n) is 2.09. The Morgan fingerprint density at radius 3 is 2.87 bits per heavy atom. The number of benzene rings is 1. The van der Waals surface area contributed by atoms with Crippen molar-refractivity contribution in [3.63, 3.8) is 0 Å². The summed E-state index contributed by atoms with van der Waals surface area (Å²) >= 11 is 0. The van der Waals surface area contributed by atoms with Gasteiger partial charge in [0.1, 0.15) is 0 Å². The zero-order valence-corrected chi connectivity index (χ0v) is 8.99. The lowest BCUT2D eigenvalue weighted by Gasteiger charge is -2.30. The molecule has 0 aromatic heterocycles. The third-order valence-corrected chi connectivity index (χ3v) is 3.01. The van der Waals surface area contributed by atoms with E-state index in [1.54, 1.807) is 0 Å². The SMILES string of the molecule is COC(=O)C1(C)CC=Cc2ccccc21. The second-order valence-electron chi connectivity index (χ2n) is 4.02. The molecule has 1 aliphatic rings. The second-order valence-corrected chi connectivity index (χ2v) is 4.02. The topological polar surface area (TPSA) is 26.3 Å². The molecule has 0 aliphatic heterocycles. The molecular weight excluding hydrogens is 188 g/mol. The average molecular weight is 202 g/mol. The highest BCUT2D eigenvalue weighted by Crippen LogP contribution is 2.36. The molecule has 2 nitrogen and oxygen atoms in total. The molecule has 1 aliphatic carbocycles. The number of ether oxygens (including phenoxy) is 1. The lowest BCUT2D eigenvalue weighted by atomic mass is 9.74. The third-order valence-electron chi connectivity index (χ3n) is 3.01.